The lowest BCUT2D eigenvalue weighted by molar-refractivity contribution is 0.262. The Bertz CT molecular complexity index is 1350. The number of aromatic nitrogens is 2. The largest absolute Gasteiger partial charge is 0.492 e. The number of hydrogen-bond donors (Lipinski definition) is 2. The van der Waals surface area contributed by atoms with Gasteiger partial charge in [-0.15, -0.1) is 0 Å². The zero-order chi connectivity index (χ0) is 23.2. The van der Waals surface area contributed by atoms with E-state index in [1.165, 1.54) is 10.5 Å². The minimum atomic E-state index is -0.402. The van der Waals surface area contributed by atoms with Crippen LogP contribution in [0.5, 0.6) is 11.5 Å². The number of benzene rings is 2. The number of nitrogens with one attached hydrogen (secondary N) is 2. The maximum Gasteiger partial charge on any atom is 0.323 e. The van der Waals surface area contributed by atoms with Crippen LogP contribution in [0, 0.1) is 6.92 Å². The van der Waals surface area contributed by atoms with Crippen molar-refractivity contribution in [1.82, 2.24) is 9.38 Å². The predicted octanol–water partition coefficient (Wildman–Crippen LogP) is 4.62. The molecule has 0 aliphatic rings. The monoisotopic (exact) mass is 444 g/mol. The number of fused-ring (bicyclic) bond motifs is 1. The van der Waals surface area contributed by atoms with E-state index in [1.54, 1.807) is 42.6 Å². The lowest BCUT2D eigenvalue weighted by atomic mass is 10.2. The van der Waals surface area contributed by atoms with Gasteiger partial charge in [0.25, 0.3) is 5.56 Å². The van der Waals surface area contributed by atoms with Crippen molar-refractivity contribution in [2.75, 3.05) is 17.2 Å². The predicted molar refractivity (Wildman–Crippen MR) is 127 cm³/mol. The number of nitrogens with zero attached hydrogens (tertiary/aromatic N) is 2. The van der Waals surface area contributed by atoms with Crippen molar-refractivity contribution in [3.8, 4) is 11.5 Å². The molecule has 2 N–H and O–H groups in total. The van der Waals surface area contributed by atoms with Crippen molar-refractivity contribution in [3.05, 3.63) is 94.5 Å². The van der Waals surface area contributed by atoms with Crippen LogP contribution in [0.15, 0.2) is 77.7 Å². The molecule has 2 heterocycles. The topological polar surface area (TPSA) is 94.0 Å². The molecule has 4 rings (SSSR count). The van der Waals surface area contributed by atoms with Crippen molar-refractivity contribution in [2.24, 2.45) is 0 Å². The van der Waals surface area contributed by atoms with Crippen LogP contribution in [0.3, 0.4) is 0 Å². The van der Waals surface area contributed by atoms with E-state index in [1.807, 2.05) is 38.1 Å². The Morgan fingerprint density at radius 2 is 1.79 bits per heavy atom. The van der Waals surface area contributed by atoms with Gasteiger partial charge < -0.3 is 20.1 Å². The van der Waals surface area contributed by atoms with Crippen molar-refractivity contribution in [2.45, 2.75) is 20.5 Å². The second-order valence-electron chi connectivity index (χ2n) is 7.29. The molecular weight excluding hydrogens is 420 g/mol. The van der Waals surface area contributed by atoms with Crippen molar-refractivity contribution in [3.63, 3.8) is 0 Å². The Kier molecular flexibility index (Phi) is 6.54. The van der Waals surface area contributed by atoms with Crippen molar-refractivity contribution >= 4 is 23.1 Å². The van der Waals surface area contributed by atoms with Crippen LogP contribution in [-0.4, -0.2) is 22.0 Å². The molecule has 8 nitrogen and oxygen atoms in total. The number of carbonyl (C=O) groups is 1. The summed E-state index contributed by atoms with van der Waals surface area (Å²) >= 11 is 0. The van der Waals surface area contributed by atoms with E-state index < -0.39 is 6.03 Å². The number of urea groups is 1. The maximum atomic E-state index is 12.5. The van der Waals surface area contributed by atoms with Gasteiger partial charge in [-0.1, -0.05) is 24.3 Å². The van der Waals surface area contributed by atoms with Gasteiger partial charge >= 0.3 is 6.03 Å². The van der Waals surface area contributed by atoms with Gasteiger partial charge in [-0.25, -0.2) is 9.78 Å². The van der Waals surface area contributed by atoms with Crippen LogP contribution in [0.25, 0.3) is 5.65 Å². The first-order valence-electron chi connectivity index (χ1n) is 10.5. The SMILES string of the molecule is CCOc1ccccc1NC(=O)Nc1ccc(C)c(OCc2cc(=O)n3ccccc3n2)c1. The molecule has 0 unspecified atom stereocenters. The molecule has 168 valence electrons. The molecule has 2 aromatic carbocycles. The standard InChI is InChI=1S/C25H24N4O4/c1-3-32-21-9-5-4-8-20(21)28-25(31)27-18-12-11-17(2)22(14-18)33-16-19-15-24(30)29-13-7-6-10-23(29)26-19/h4-15H,3,16H2,1-2H3,(H2,27,28,31). The number of carbonyl (C=O) groups excluding carboxylic acids is 1. The second-order valence-corrected chi connectivity index (χ2v) is 7.29. The van der Waals surface area contributed by atoms with E-state index in [9.17, 15) is 9.59 Å². The van der Waals surface area contributed by atoms with E-state index in [0.717, 1.165) is 5.56 Å². The summed E-state index contributed by atoms with van der Waals surface area (Å²) in [4.78, 5) is 29.3. The van der Waals surface area contributed by atoms with E-state index >= 15 is 0 Å². The highest BCUT2D eigenvalue weighted by atomic mass is 16.5. The van der Waals surface area contributed by atoms with E-state index in [0.29, 0.717) is 40.8 Å². The van der Waals surface area contributed by atoms with Crippen LogP contribution in [-0.2, 0) is 6.61 Å². The van der Waals surface area contributed by atoms with Gasteiger partial charge in [0.15, 0.2) is 0 Å². The van der Waals surface area contributed by atoms with E-state index in [-0.39, 0.29) is 12.2 Å². The molecule has 0 fully saturated rings. The number of aryl methyl sites for hydroxylation is 1. The average Bonchev–Trinajstić information content (AvgIpc) is 2.81. The first kappa shape index (κ1) is 21.9. The van der Waals surface area contributed by atoms with Crippen LogP contribution >= 0.6 is 0 Å². The lowest BCUT2D eigenvalue weighted by Gasteiger charge is -2.14. The zero-order valence-corrected chi connectivity index (χ0v) is 18.4. The third-order valence-electron chi connectivity index (χ3n) is 4.88. The molecule has 0 spiro atoms. The summed E-state index contributed by atoms with van der Waals surface area (Å²) in [6, 6.07) is 19.0. The molecule has 4 aromatic rings. The molecule has 0 saturated heterocycles. The molecule has 2 amide bonds. The lowest BCUT2D eigenvalue weighted by Crippen LogP contribution is -2.20. The number of ether oxygens (including phenoxy) is 2. The second kappa shape index (κ2) is 9.86. The number of para-hydroxylation sites is 2. The van der Waals surface area contributed by atoms with Crippen LogP contribution in [0.2, 0.25) is 0 Å². The summed E-state index contributed by atoms with van der Waals surface area (Å²) in [6.07, 6.45) is 1.67. The van der Waals surface area contributed by atoms with E-state index in [4.69, 9.17) is 9.47 Å². The third-order valence-corrected chi connectivity index (χ3v) is 4.88. The van der Waals surface area contributed by atoms with Crippen LogP contribution in [0.4, 0.5) is 16.2 Å². The van der Waals surface area contributed by atoms with Gasteiger partial charge in [0, 0.05) is 24.0 Å². The van der Waals surface area contributed by atoms with Crippen LogP contribution < -0.4 is 25.7 Å². The Hall–Kier alpha value is -4.33. The van der Waals surface area contributed by atoms with Gasteiger partial charge in [0.2, 0.25) is 0 Å². The first-order chi connectivity index (χ1) is 16.0. The zero-order valence-electron chi connectivity index (χ0n) is 18.4. The number of pyridine rings is 1. The highest BCUT2D eigenvalue weighted by Crippen LogP contribution is 2.26. The normalized spacial score (nSPS) is 10.6. The molecule has 0 radical (unpaired) electrons. The number of hydrogen-bond acceptors (Lipinski definition) is 5. The van der Waals surface area contributed by atoms with Crippen molar-refractivity contribution < 1.29 is 14.3 Å². The van der Waals surface area contributed by atoms with Crippen LogP contribution in [0.1, 0.15) is 18.2 Å². The molecule has 0 aliphatic carbocycles. The molecule has 0 bridgehead atoms. The Labute approximate surface area is 190 Å². The molecule has 0 saturated carbocycles. The minimum absolute atomic E-state index is 0.124. The molecule has 2 aromatic heterocycles. The Morgan fingerprint density at radius 1 is 0.970 bits per heavy atom. The molecule has 0 atom stereocenters. The average molecular weight is 444 g/mol. The Morgan fingerprint density at radius 3 is 2.64 bits per heavy atom. The summed E-state index contributed by atoms with van der Waals surface area (Å²) in [7, 11) is 0. The summed E-state index contributed by atoms with van der Waals surface area (Å²) in [6.45, 7) is 4.41. The third kappa shape index (κ3) is 5.30. The summed E-state index contributed by atoms with van der Waals surface area (Å²) in [5.41, 5.74) is 2.94. The van der Waals surface area contributed by atoms with E-state index in [2.05, 4.69) is 15.6 Å². The minimum Gasteiger partial charge on any atom is -0.492 e. The Balaban J connectivity index is 1.45. The van der Waals surface area contributed by atoms with Gasteiger partial charge in [-0.3, -0.25) is 9.20 Å². The fourth-order valence-electron chi connectivity index (χ4n) is 3.30. The first-order valence-corrected chi connectivity index (χ1v) is 10.5. The quantitative estimate of drug-likeness (QED) is 0.434. The number of rotatable bonds is 7. The summed E-state index contributed by atoms with van der Waals surface area (Å²) < 4.78 is 12.9. The number of amides is 2. The highest BCUT2D eigenvalue weighted by molar-refractivity contribution is 6.00. The van der Waals surface area contributed by atoms with Gasteiger partial charge in [-0.05, 0) is 49.7 Å². The molecule has 0 aliphatic heterocycles. The fraction of sp³-hybridized carbons (Fsp3) is 0.160. The highest BCUT2D eigenvalue weighted by Gasteiger charge is 2.10. The molecule has 33 heavy (non-hydrogen) atoms. The smallest absolute Gasteiger partial charge is 0.323 e. The summed E-state index contributed by atoms with van der Waals surface area (Å²) in [5, 5.41) is 5.60. The fourth-order valence-corrected chi connectivity index (χ4v) is 3.30. The maximum absolute atomic E-state index is 12.5. The van der Waals surface area contributed by atoms with Gasteiger partial charge in [0.1, 0.15) is 23.8 Å². The summed E-state index contributed by atoms with van der Waals surface area (Å²) in [5.74, 6) is 1.18. The molecular formula is C25H24N4O4. The van der Waals surface area contributed by atoms with Gasteiger partial charge in [-0.2, -0.15) is 0 Å². The van der Waals surface area contributed by atoms with Crippen molar-refractivity contribution in [1.29, 1.82) is 0 Å². The van der Waals surface area contributed by atoms with Gasteiger partial charge in [0.05, 0.1) is 18.0 Å². The molecule has 8 heteroatoms. The number of anilines is 2.